The summed E-state index contributed by atoms with van der Waals surface area (Å²) in [5, 5.41) is 8.30. The van der Waals surface area contributed by atoms with E-state index in [9.17, 15) is 0 Å². The van der Waals surface area contributed by atoms with Crippen molar-refractivity contribution in [2.24, 2.45) is 0 Å². The van der Waals surface area contributed by atoms with Gasteiger partial charge in [-0.15, -0.1) is 11.6 Å². The second-order valence-electron chi connectivity index (χ2n) is 2.33. The van der Waals surface area contributed by atoms with Crippen LogP contribution < -0.4 is 4.74 Å². The van der Waals surface area contributed by atoms with Crippen molar-refractivity contribution in [3.8, 4) is 11.8 Å². The second-order valence-corrected chi connectivity index (χ2v) is 3.46. The summed E-state index contributed by atoms with van der Waals surface area (Å²) in [6, 6.07) is 7.36. The average molecular weight is 261 g/mol. The quantitative estimate of drug-likeness (QED) is 0.783. The monoisotopic (exact) mass is 259 g/mol. The molecule has 0 heterocycles. The van der Waals surface area contributed by atoms with Gasteiger partial charge in [-0.1, -0.05) is 15.9 Å². The molecule has 0 saturated carbocycles. The van der Waals surface area contributed by atoms with Crippen molar-refractivity contribution >= 4 is 27.5 Å². The largest absolute Gasteiger partial charge is 0.479 e. The minimum absolute atomic E-state index is 0.0589. The van der Waals surface area contributed by atoms with E-state index < -0.39 is 0 Å². The molecule has 1 aromatic carbocycles. The van der Waals surface area contributed by atoms with Gasteiger partial charge in [0.15, 0.2) is 6.61 Å². The average Bonchev–Trinajstić information content (AvgIpc) is 2.16. The van der Waals surface area contributed by atoms with Crippen molar-refractivity contribution < 1.29 is 4.74 Å². The van der Waals surface area contributed by atoms with Crippen LogP contribution in [0.25, 0.3) is 0 Å². The molecule has 1 aromatic rings. The first-order valence-corrected chi connectivity index (χ1v) is 4.95. The van der Waals surface area contributed by atoms with Gasteiger partial charge >= 0.3 is 0 Å². The van der Waals surface area contributed by atoms with Gasteiger partial charge in [-0.2, -0.15) is 5.26 Å². The molecule has 13 heavy (non-hydrogen) atoms. The molecule has 0 bridgehead atoms. The zero-order chi connectivity index (χ0) is 9.68. The van der Waals surface area contributed by atoms with E-state index in [2.05, 4.69) is 15.9 Å². The van der Waals surface area contributed by atoms with E-state index >= 15 is 0 Å². The molecule has 0 saturated heterocycles. The van der Waals surface area contributed by atoms with Crippen LogP contribution in [0.2, 0.25) is 0 Å². The second kappa shape index (κ2) is 5.11. The van der Waals surface area contributed by atoms with E-state index in [1.54, 1.807) is 6.07 Å². The van der Waals surface area contributed by atoms with Crippen molar-refractivity contribution in [1.82, 2.24) is 0 Å². The molecule has 0 aliphatic carbocycles. The molecule has 0 aliphatic heterocycles. The van der Waals surface area contributed by atoms with E-state index in [1.165, 1.54) is 0 Å². The number of ether oxygens (including phenoxy) is 1. The van der Waals surface area contributed by atoms with Crippen molar-refractivity contribution in [3.63, 3.8) is 0 Å². The van der Waals surface area contributed by atoms with Gasteiger partial charge in [0, 0.05) is 10.4 Å². The Kier molecular flexibility index (Phi) is 4.07. The maximum atomic E-state index is 8.30. The minimum Gasteiger partial charge on any atom is -0.479 e. The zero-order valence-corrected chi connectivity index (χ0v) is 9.10. The van der Waals surface area contributed by atoms with Crippen LogP contribution in [-0.4, -0.2) is 6.61 Å². The van der Waals surface area contributed by atoms with Crippen LogP contribution in [-0.2, 0) is 5.88 Å². The van der Waals surface area contributed by atoms with E-state index in [1.807, 2.05) is 18.2 Å². The van der Waals surface area contributed by atoms with Crippen LogP contribution >= 0.6 is 27.5 Å². The molecule has 0 amide bonds. The van der Waals surface area contributed by atoms with E-state index in [-0.39, 0.29) is 6.61 Å². The summed E-state index contributed by atoms with van der Waals surface area (Å²) in [6.07, 6.45) is 0. The standard InChI is InChI=1S/C9H7BrClNO/c10-9-2-1-8(13-4-3-12)5-7(9)6-11/h1-2,5H,4,6H2. The molecule has 0 radical (unpaired) electrons. The van der Waals surface area contributed by atoms with Gasteiger partial charge in [0.05, 0.1) is 0 Å². The number of hydrogen-bond acceptors (Lipinski definition) is 2. The van der Waals surface area contributed by atoms with Gasteiger partial charge in [-0.3, -0.25) is 0 Å². The van der Waals surface area contributed by atoms with E-state index in [4.69, 9.17) is 21.6 Å². The number of benzene rings is 1. The lowest BCUT2D eigenvalue weighted by atomic mass is 10.2. The lowest BCUT2D eigenvalue weighted by Crippen LogP contribution is -1.94. The number of nitrogens with zero attached hydrogens (tertiary/aromatic N) is 1. The van der Waals surface area contributed by atoms with Gasteiger partial charge in [0.1, 0.15) is 11.8 Å². The van der Waals surface area contributed by atoms with Crippen molar-refractivity contribution in [1.29, 1.82) is 5.26 Å². The predicted octanol–water partition coefficient (Wildman–Crippen LogP) is 3.09. The van der Waals surface area contributed by atoms with Crippen LogP contribution in [0.15, 0.2) is 22.7 Å². The summed E-state index contributed by atoms with van der Waals surface area (Å²) in [4.78, 5) is 0. The highest BCUT2D eigenvalue weighted by Gasteiger charge is 2.00. The smallest absolute Gasteiger partial charge is 0.174 e. The molecule has 68 valence electrons. The number of alkyl halides is 1. The first-order chi connectivity index (χ1) is 6.27. The van der Waals surface area contributed by atoms with Gasteiger partial charge in [0.25, 0.3) is 0 Å². The van der Waals surface area contributed by atoms with Gasteiger partial charge < -0.3 is 4.74 Å². The Labute approximate surface area is 90.2 Å². The van der Waals surface area contributed by atoms with Gasteiger partial charge in [-0.25, -0.2) is 0 Å². The maximum absolute atomic E-state index is 8.30. The lowest BCUT2D eigenvalue weighted by Gasteiger charge is -2.04. The Morgan fingerprint density at radius 1 is 1.54 bits per heavy atom. The van der Waals surface area contributed by atoms with Crippen LogP contribution in [0.1, 0.15) is 5.56 Å². The predicted molar refractivity (Wildman–Crippen MR) is 54.8 cm³/mol. The first-order valence-electron chi connectivity index (χ1n) is 3.62. The Morgan fingerprint density at radius 2 is 2.31 bits per heavy atom. The summed E-state index contributed by atoms with van der Waals surface area (Å²) < 4.78 is 6.06. The fourth-order valence-corrected chi connectivity index (χ4v) is 1.63. The third kappa shape index (κ3) is 2.91. The Bertz CT molecular complexity index is 335. The highest BCUT2D eigenvalue weighted by atomic mass is 79.9. The summed E-state index contributed by atoms with van der Waals surface area (Å²) in [5.74, 6) is 1.09. The fraction of sp³-hybridized carbons (Fsp3) is 0.222. The SMILES string of the molecule is N#CCOc1ccc(Br)c(CCl)c1. The number of nitriles is 1. The Hall–Kier alpha value is -0.720. The highest BCUT2D eigenvalue weighted by Crippen LogP contribution is 2.23. The van der Waals surface area contributed by atoms with Crippen LogP contribution in [0.3, 0.4) is 0 Å². The van der Waals surface area contributed by atoms with Crippen molar-refractivity contribution in [2.75, 3.05) is 6.61 Å². The molecule has 0 aromatic heterocycles. The minimum atomic E-state index is 0.0589. The van der Waals surface area contributed by atoms with Crippen molar-refractivity contribution in [3.05, 3.63) is 28.2 Å². The molecule has 0 fully saturated rings. The Morgan fingerprint density at radius 3 is 2.92 bits per heavy atom. The molecule has 1 rings (SSSR count). The van der Waals surface area contributed by atoms with Gasteiger partial charge in [-0.05, 0) is 23.8 Å². The van der Waals surface area contributed by atoms with Crippen LogP contribution in [0.5, 0.6) is 5.75 Å². The molecule has 0 spiro atoms. The number of rotatable bonds is 3. The first kappa shape index (κ1) is 10.4. The number of hydrogen-bond donors (Lipinski definition) is 0. The lowest BCUT2D eigenvalue weighted by molar-refractivity contribution is 0.368. The third-order valence-electron chi connectivity index (χ3n) is 1.46. The molecular weight excluding hydrogens is 253 g/mol. The van der Waals surface area contributed by atoms with Crippen LogP contribution in [0.4, 0.5) is 0 Å². The zero-order valence-electron chi connectivity index (χ0n) is 6.76. The normalized spacial score (nSPS) is 9.31. The van der Waals surface area contributed by atoms with E-state index in [0.29, 0.717) is 11.6 Å². The molecule has 0 N–H and O–H groups in total. The highest BCUT2D eigenvalue weighted by molar-refractivity contribution is 9.10. The topological polar surface area (TPSA) is 33.0 Å². The molecule has 4 heteroatoms. The molecule has 2 nitrogen and oxygen atoms in total. The summed E-state index contributed by atoms with van der Waals surface area (Å²) in [6.45, 7) is 0.0589. The maximum Gasteiger partial charge on any atom is 0.174 e. The summed E-state index contributed by atoms with van der Waals surface area (Å²) in [5.41, 5.74) is 0.956. The third-order valence-corrected chi connectivity index (χ3v) is 2.53. The van der Waals surface area contributed by atoms with Crippen LogP contribution in [0, 0.1) is 11.3 Å². The molecular formula is C9H7BrClNO. The summed E-state index contributed by atoms with van der Waals surface area (Å²) >= 11 is 9.04. The Balaban J connectivity index is 2.81. The number of halogens is 2. The molecule has 0 atom stereocenters. The van der Waals surface area contributed by atoms with Gasteiger partial charge in [0.2, 0.25) is 0 Å². The van der Waals surface area contributed by atoms with E-state index in [0.717, 1.165) is 10.0 Å². The molecule has 0 aliphatic rings. The van der Waals surface area contributed by atoms with Crippen molar-refractivity contribution in [2.45, 2.75) is 5.88 Å². The molecule has 0 unspecified atom stereocenters. The fourth-order valence-electron chi connectivity index (χ4n) is 0.859. The summed E-state index contributed by atoms with van der Waals surface area (Å²) in [7, 11) is 0.